The molecule has 0 aromatic heterocycles. The largest absolute Gasteiger partial charge is 0.369 e. The maximum absolute atomic E-state index is 5.65. The Kier molecular flexibility index (Phi) is 5.37. The fourth-order valence-electron chi connectivity index (χ4n) is 1.31. The molecule has 0 radical (unpaired) electrons. The van der Waals surface area contributed by atoms with Crippen molar-refractivity contribution in [2.75, 3.05) is 6.61 Å². The molecule has 0 aliphatic rings. The zero-order chi connectivity index (χ0) is 11.1. The molecule has 1 aromatic carbocycles. The van der Waals surface area contributed by atoms with E-state index in [1.54, 1.807) is 6.08 Å². The fourth-order valence-corrected chi connectivity index (χ4v) is 1.58. The van der Waals surface area contributed by atoms with Crippen LogP contribution in [0.1, 0.15) is 18.1 Å². The molecule has 1 nitrogen and oxygen atoms in total. The molecule has 0 aliphatic heterocycles. The Bertz CT molecular complexity index is 316. The number of benzene rings is 1. The number of hydrogen-bond donors (Lipinski definition) is 0. The van der Waals surface area contributed by atoms with Crippen molar-refractivity contribution in [3.8, 4) is 0 Å². The summed E-state index contributed by atoms with van der Waals surface area (Å²) in [5.74, 6) is 0. The van der Waals surface area contributed by atoms with Crippen LogP contribution in [-0.4, -0.2) is 6.61 Å². The highest BCUT2D eigenvalue weighted by Crippen LogP contribution is 2.23. The molecule has 2 heteroatoms. The Morgan fingerprint density at radius 1 is 1.20 bits per heavy atom. The molecule has 0 amide bonds. The highest BCUT2D eigenvalue weighted by Gasteiger charge is 2.08. The first-order chi connectivity index (χ1) is 7.27. The number of rotatable bonds is 6. The van der Waals surface area contributed by atoms with Crippen LogP contribution < -0.4 is 0 Å². The molecule has 1 atom stereocenters. The van der Waals surface area contributed by atoms with Crippen LogP contribution in [0.2, 0.25) is 0 Å². The third-order valence-corrected chi connectivity index (χ3v) is 2.57. The molecule has 1 unspecified atom stereocenters. The lowest BCUT2D eigenvalue weighted by atomic mass is 10.1. The Balaban J connectivity index is 2.73. The Morgan fingerprint density at radius 3 is 2.40 bits per heavy atom. The average molecular weight is 267 g/mol. The van der Waals surface area contributed by atoms with Crippen molar-refractivity contribution >= 4 is 15.9 Å². The monoisotopic (exact) mass is 266 g/mol. The van der Waals surface area contributed by atoms with Gasteiger partial charge in [0.1, 0.15) is 0 Å². The third-order valence-electron chi connectivity index (χ3n) is 2.04. The van der Waals surface area contributed by atoms with Crippen LogP contribution in [0.5, 0.6) is 0 Å². The van der Waals surface area contributed by atoms with Crippen LogP contribution in [-0.2, 0) is 4.74 Å². The maximum Gasteiger partial charge on any atom is 0.0863 e. The molecule has 15 heavy (non-hydrogen) atoms. The van der Waals surface area contributed by atoms with Gasteiger partial charge in [-0.1, -0.05) is 40.2 Å². The quantitative estimate of drug-likeness (QED) is 0.699. The first-order valence-corrected chi connectivity index (χ1v) is 5.66. The summed E-state index contributed by atoms with van der Waals surface area (Å²) in [5, 5.41) is 0. The Morgan fingerprint density at radius 2 is 1.87 bits per heavy atom. The van der Waals surface area contributed by atoms with E-state index in [-0.39, 0.29) is 6.10 Å². The van der Waals surface area contributed by atoms with Gasteiger partial charge in [0.05, 0.1) is 12.7 Å². The lowest BCUT2D eigenvalue weighted by Gasteiger charge is -2.15. The fraction of sp³-hybridized carbons (Fsp3) is 0.231. The van der Waals surface area contributed by atoms with Gasteiger partial charge in [0.15, 0.2) is 0 Å². The van der Waals surface area contributed by atoms with E-state index in [4.69, 9.17) is 4.74 Å². The van der Waals surface area contributed by atoms with Crippen LogP contribution in [0.3, 0.4) is 0 Å². The number of halogens is 1. The molecule has 0 saturated carbocycles. The maximum atomic E-state index is 5.65. The van der Waals surface area contributed by atoms with Crippen molar-refractivity contribution in [3.05, 3.63) is 59.6 Å². The highest BCUT2D eigenvalue weighted by molar-refractivity contribution is 9.10. The summed E-state index contributed by atoms with van der Waals surface area (Å²) in [7, 11) is 0. The molecule has 0 bridgehead atoms. The SMILES string of the molecule is C=CCOC(CC=C)c1ccc(Br)cc1. The molecular weight excluding hydrogens is 252 g/mol. The summed E-state index contributed by atoms with van der Waals surface area (Å²) in [6, 6.07) is 8.15. The van der Waals surface area contributed by atoms with Crippen LogP contribution >= 0.6 is 15.9 Å². The van der Waals surface area contributed by atoms with Crippen LogP contribution in [0, 0.1) is 0 Å². The number of hydrogen-bond acceptors (Lipinski definition) is 1. The molecule has 0 heterocycles. The molecule has 0 fully saturated rings. The highest BCUT2D eigenvalue weighted by atomic mass is 79.9. The molecule has 1 aromatic rings. The average Bonchev–Trinajstić information content (AvgIpc) is 2.25. The van der Waals surface area contributed by atoms with Gasteiger partial charge in [-0.05, 0) is 24.1 Å². The van der Waals surface area contributed by atoms with Gasteiger partial charge in [-0.15, -0.1) is 13.2 Å². The van der Waals surface area contributed by atoms with Crippen molar-refractivity contribution in [1.29, 1.82) is 0 Å². The van der Waals surface area contributed by atoms with E-state index in [0.29, 0.717) is 6.61 Å². The predicted molar refractivity (Wildman–Crippen MR) is 67.8 cm³/mol. The summed E-state index contributed by atoms with van der Waals surface area (Å²) in [5.41, 5.74) is 1.17. The van der Waals surface area contributed by atoms with Crippen molar-refractivity contribution in [2.45, 2.75) is 12.5 Å². The van der Waals surface area contributed by atoms with Crippen molar-refractivity contribution in [1.82, 2.24) is 0 Å². The predicted octanol–water partition coefficient (Wildman–Crippen LogP) is 4.27. The van der Waals surface area contributed by atoms with Gasteiger partial charge in [-0.2, -0.15) is 0 Å². The van der Waals surface area contributed by atoms with E-state index in [2.05, 4.69) is 41.2 Å². The van der Waals surface area contributed by atoms with Gasteiger partial charge >= 0.3 is 0 Å². The van der Waals surface area contributed by atoms with Gasteiger partial charge < -0.3 is 4.74 Å². The molecule has 0 saturated heterocycles. The zero-order valence-corrected chi connectivity index (χ0v) is 10.2. The minimum atomic E-state index is 0.0774. The molecule has 1 rings (SSSR count). The van der Waals surface area contributed by atoms with Crippen LogP contribution in [0.15, 0.2) is 54.0 Å². The van der Waals surface area contributed by atoms with Gasteiger partial charge in [-0.3, -0.25) is 0 Å². The van der Waals surface area contributed by atoms with Crippen LogP contribution in [0.4, 0.5) is 0 Å². The smallest absolute Gasteiger partial charge is 0.0863 e. The molecule has 0 N–H and O–H groups in total. The lowest BCUT2D eigenvalue weighted by molar-refractivity contribution is 0.0766. The summed E-state index contributed by atoms with van der Waals surface area (Å²) in [6.45, 7) is 7.94. The second kappa shape index (κ2) is 6.59. The van der Waals surface area contributed by atoms with Crippen molar-refractivity contribution in [2.24, 2.45) is 0 Å². The minimum Gasteiger partial charge on any atom is -0.369 e. The minimum absolute atomic E-state index is 0.0774. The van der Waals surface area contributed by atoms with Crippen LogP contribution in [0.25, 0.3) is 0 Å². The van der Waals surface area contributed by atoms with Gasteiger partial charge in [0.25, 0.3) is 0 Å². The third kappa shape index (κ3) is 4.02. The van der Waals surface area contributed by atoms with Crippen molar-refractivity contribution in [3.63, 3.8) is 0 Å². The van der Waals surface area contributed by atoms with Gasteiger partial charge in [-0.25, -0.2) is 0 Å². The summed E-state index contributed by atoms with van der Waals surface area (Å²) in [4.78, 5) is 0. The second-order valence-corrected chi connectivity index (χ2v) is 4.10. The lowest BCUT2D eigenvalue weighted by Crippen LogP contribution is -2.03. The topological polar surface area (TPSA) is 9.23 Å². The van der Waals surface area contributed by atoms with E-state index < -0.39 is 0 Å². The normalized spacial score (nSPS) is 12.1. The van der Waals surface area contributed by atoms with Gasteiger partial charge in [0.2, 0.25) is 0 Å². The molecule has 0 spiro atoms. The summed E-state index contributed by atoms with van der Waals surface area (Å²) < 4.78 is 6.73. The van der Waals surface area contributed by atoms with E-state index in [1.807, 2.05) is 18.2 Å². The first kappa shape index (κ1) is 12.2. The van der Waals surface area contributed by atoms with E-state index in [0.717, 1.165) is 10.9 Å². The standard InChI is InChI=1S/C13H15BrO/c1-3-5-13(15-10-4-2)11-6-8-12(14)9-7-11/h3-4,6-9,13H,1-2,5,10H2. The van der Waals surface area contributed by atoms with E-state index >= 15 is 0 Å². The molecule has 80 valence electrons. The Hall–Kier alpha value is -0.860. The van der Waals surface area contributed by atoms with E-state index in [9.17, 15) is 0 Å². The first-order valence-electron chi connectivity index (χ1n) is 4.86. The summed E-state index contributed by atoms with van der Waals surface area (Å²) >= 11 is 3.41. The summed E-state index contributed by atoms with van der Waals surface area (Å²) in [6.07, 6.45) is 4.52. The van der Waals surface area contributed by atoms with E-state index in [1.165, 1.54) is 5.56 Å². The molecular formula is C13H15BrO. The zero-order valence-electron chi connectivity index (χ0n) is 8.66. The second-order valence-electron chi connectivity index (χ2n) is 3.19. The molecule has 0 aliphatic carbocycles. The Labute approximate surface area is 99.6 Å². The van der Waals surface area contributed by atoms with Gasteiger partial charge in [0, 0.05) is 4.47 Å². The number of ether oxygens (including phenoxy) is 1. The van der Waals surface area contributed by atoms with Crippen molar-refractivity contribution < 1.29 is 4.74 Å².